The average molecular weight is 356 g/mol. The molecule has 0 radical (unpaired) electrons. The lowest BCUT2D eigenvalue weighted by Crippen LogP contribution is -2.44. The smallest absolute Gasteiger partial charge is 0.283 e. The van der Waals surface area contributed by atoms with Crippen molar-refractivity contribution >= 4 is 26.7 Å². The second kappa shape index (κ2) is 6.16. The third-order valence-corrected chi connectivity index (χ3v) is 6.21. The highest BCUT2D eigenvalue weighted by atomic mass is 32.2. The highest BCUT2D eigenvalue weighted by Gasteiger charge is 2.26. The van der Waals surface area contributed by atoms with Crippen LogP contribution >= 0.6 is 0 Å². The molecule has 0 spiro atoms. The topological polar surface area (TPSA) is 58.4 Å². The molecule has 6 nitrogen and oxygen atoms in total. The van der Waals surface area contributed by atoms with Crippen molar-refractivity contribution in [1.29, 1.82) is 0 Å². The number of nitrogens with zero attached hydrogens (tertiary/aromatic N) is 4. The van der Waals surface area contributed by atoms with Crippen molar-refractivity contribution in [2.24, 2.45) is 0 Å². The molecule has 0 N–H and O–H groups in total. The Kier molecular flexibility index (Phi) is 3.97. The van der Waals surface area contributed by atoms with Crippen molar-refractivity contribution in [2.45, 2.75) is 4.90 Å². The summed E-state index contributed by atoms with van der Waals surface area (Å²) >= 11 is 0. The molecule has 0 unspecified atom stereocenters. The molecule has 0 bridgehead atoms. The Hall–Kier alpha value is -2.38. The lowest BCUT2D eigenvalue weighted by molar-refractivity contribution is 0.312. The number of para-hydroxylation sites is 1. The van der Waals surface area contributed by atoms with Crippen molar-refractivity contribution in [3.63, 3.8) is 0 Å². The molecule has 130 valence electrons. The van der Waals surface area contributed by atoms with Gasteiger partial charge in [-0.1, -0.05) is 30.3 Å². The van der Waals surface area contributed by atoms with E-state index >= 15 is 0 Å². The largest absolute Gasteiger partial charge is 0.352 e. The van der Waals surface area contributed by atoms with Crippen LogP contribution < -0.4 is 4.90 Å². The third-order valence-electron chi connectivity index (χ3n) is 4.61. The molecule has 3 aromatic rings. The minimum Gasteiger partial charge on any atom is -0.352 e. The van der Waals surface area contributed by atoms with E-state index in [1.807, 2.05) is 24.3 Å². The first kappa shape index (κ1) is 16.1. The number of hydrogen-bond donors (Lipinski definition) is 0. The highest BCUT2D eigenvalue weighted by molar-refractivity contribution is 7.90. The van der Waals surface area contributed by atoms with E-state index in [1.54, 1.807) is 30.3 Å². The molecule has 2 heterocycles. The molecule has 1 fully saturated rings. The van der Waals surface area contributed by atoms with Crippen LogP contribution in [0.3, 0.4) is 0 Å². The Bertz CT molecular complexity index is 990. The van der Waals surface area contributed by atoms with Gasteiger partial charge in [0.2, 0.25) is 0 Å². The zero-order chi connectivity index (χ0) is 17.4. The molecule has 1 aromatic heterocycles. The maximum Gasteiger partial charge on any atom is 0.283 e. The van der Waals surface area contributed by atoms with Crippen molar-refractivity contribution < 1.29 is 8.42 Å². The van der Waals surface area contributed by atoms with Crippen LogP contribution in [0.2, 0.25) is 0 Å². The first-order valence-corrected chi connectivity index (χ1v) is 9.73. The first-order chi connectivity index (χ1) is 12.1. The van der Waals surface area contributed by atoms with Gasteiger partial charge in [0.1, 0.15) is 0 Å². The number of aromatic nitrogens is 2. The Balaban J connectivity index is 1.86. The zero-order valence-corrected chi connectivity index (χ0v) is 14.9. The van der Waals surface area contributed by atoms with E-state index in [2.05, 4.69) is 21.9 Å². The fourth-order valence-electron chi connectivity index (χ4n) is 3.15. The minimum atomic E-state index is -3.73. The summed E-state index contributed by atoms with van der Waals surface area (Å²) in [6, 6.07) is 16.0. The summed E-state index contributed by atoms with van der Waals surface area (Å²) in [5.41, 5.74) is 0.611. The molecule has 0 amide bonds. The predicted octanol–water partition coefficient (Wildman–Crippen LogP) is 2.03. The van der Waals surface area contributed by atoms with E-state index in [0.29, 0.717) is 5.52 Å². The van der Waals surface area contributed by atoms with Gasteiger partial charge in [0.25, 0.3) is 10.0 Å². The summed E-state index contributed by atoms with van der Waals surface area (Å²) < 4.78 is 27.3. The molecule has 0 aliphatic carbocycles. The van der Waals surface area contributed by atoms with E-state index in [0.717, 1.165) is 37.4 Å². The Labute approximate surface area is 147 Å². The second-order valence-corrected chi connectivity index (χ2v) is 8.06. The van der Waals surface area contributed by atoms with Gasteiger partial charge in [0.15, 0.2) is 5.82 Å². The summed E-state index contributed by atoms with van der Waals surface area (Å²) in [5, 5.41) is 5.39. The predicted molar refractivity (Wildman–Crippen MR) is 98.5 cm³/mol. The summed E-state index contributed by atoms with van der Waals surface area (Å²) in [7, 11) is -1.63. The number of fused-ring (bicyclic) bond motifs is 1. The van der Waals surface area contributed by atoms with Crippen LogP contribution in [0.1, 0.15) is 0 Å². The van der Waals surface area contributed by atoms with Crippen LogP contribution in [0.15, 0.2) is 59.5 Å². The third kappa shape index (κ3) is 2.79. The van der Waals surface area contributed by atoms with Crippen LogP contribution in [0.5, 0.6) is 0 Å². The quantitative estimate of drug-likeness (QED) is 0.719. The van der Waals surface area contributed by atoms with Crippen molar-refractivity contribution in [3.8, 4) is 0 Å². The van der Waals surface area contributed by atoms with Gasteiger partial charge in [0, 0.05) is 31.6 Å². The number of benzene rings is 2. The van der Waals surface area contributed by atoms with E-state index in [4.69, 9.17) is 0 Å². The maximum atomic E-state index is 13.1. The van der Waals surface area contributed by atoms with Crippen LogP contribution in [0.25, 0.3) is 10.9 Å². The van der Waals surface area contributed by atoms with Crippen LogP contribution in [-0.2, 0) is 10.0 Å². The van der Waals surface area contributed by atoms with Crippen LogP contribution in [0.4, 0.5) is 5.82 Å². The number of anilines is 1. The van der Waals surface area contributed by atoms with Gasteiger partial charge in [-0.15, -0.1) is 5.10 Å². The first-order valence-electron chi connectivity index (χ1n) is 8.29. The number of rotatable bonds is 3. The fraction of sp³-hybridized carbons (Fsp3) is 0.278. The average Bonchev–Trinajstić information content (AvgIpc) is 3.04. The van der Waals surface area contributed by atoms with Gasteiger partial charge in [-0.05, 0) is 31.3 Å². The fourth-order valence-corrected chi connectivity index (χ4v) is 4.45. The number of hydrogen-bond acceptors (Lipinski definition) is 5. The molecule has 4 rings (SSSR count). The molecule has 7 heteroatoms. The van der Waals surface area contributed by atoms with Gasteiger partial charge in [0.05, 0.1) is 10.4 Å². The Morgan fingerprint density at radius 2 is 1.52 bits per heavy atom. The van der Waals surface area contributed by atoms with E-state index in [9.17, 15) is 8.42 Å². The van der Waals surface area contributed by atoms with Crippen LogP contribution in [-0.4, -0.2) is 55.7 Å². The van der Waals surface area contributed by atoms with Gasteiger partial charge in [-0.25, -0.2) is 0 Å². The summed E-state index contributed by atoms with van der Waals surface area (Å²) in [4.78, 5) is 4.67. The highest BCUT2D eigenvalue weighted by Crippen LogP contribution is 2.29. The van der Waals surface area contributed by atoms with Gasteiger partial charge in [-0.3, -0.25) is 0 Å². The number of likely N-dealkylation sites (N-methyl/N-ethyl adjacent to an activating group) is 1. The molecule has 2 aromatic carbocycles. The Morgan fingerprint density at radius 1 is 0.880 bits per heavy atom. The minimum absolute atomic E-state index is 0.244. The van der Waals surface area contributed by atoms with E-state index < -0.39 is 10.0 Å². The van der Waals surface area contributed by atoms with Crippen molar-refractivity contribution in [2.75, 3.05) is 38.1 Å². The lowest BCUT2D eigenvalue weighted by Gasteiger charge is -2.32. The lowest BCUT2D eigenvalue weighted by atomic mass is 10.2. The van der Waals surface area contributed by atoms with Gasteiger partial charge in [-0.2, -0.15) is 12.5 Å². The second-order valence-electron chi connectivity index (χ2n) is 6.29. The summed E-state index contributed by atoms with van der Waals surface area (Å²) in [5.74, 6) is 0.739. The molecule has 0 saturated carbocycles. The Morgan fingerprint density at radius 3 is 2.24 bits per heavy atom. The SMILES string of the molecule is CN1CCN(c2nn(S(=O)(=O)c3ccccc3)c3ccccc23)CC1. The monoisotopic (exact) mass is 356 g/mol. The summed E-state index contributed by atoms with van der Waals surface area (Å²) in [6.07, 6.45) is 0. The summed E-state index contributed by atoms with van der Waals surface area (Å²) in [6.45, 7) is 3.55. The van der Waals surface area contributed by atoms with Crippen LogP contribution in [0, 0.1) is 0 Å². The van der Waals surface area contributed by atoms with Crippen molar-refractivity contribution in [3.05, 3.63) is 54.6 Å². The van der Waals surface area contributed by atoms with E-state index in [-0.39, 0.29) is 4.90 Å². The number of piperazine rings is 1. The standard InChI is InChI=1S/C18H20N4O2S/c1-20-11-13-21(14-12-20)18-16-9-5-6-10-17(16)22(19-18)25(23,24)15-7-3-2-4-8-15/h2-10H,11-14H2,1H3. The van der Waals surface area contributed by atoms with Gasteiger partial charge >= 0.3 is 0 Å². The molecule has 1 aliphatic rings. The molecule has 1 aliphatic heterocycles. The van der Waals surface area contributed by atoms with Crippen molar-refractivity contribution in [1.82, 2.24) is 14.1 Å². The molecule has 25 heavy (non-hydrogen) atoms. The molecular formula is C18H20N4O2S. The molecule has 0 atom stereocenters. The zero-order valence-electron chi connectivity index (χ0n) is 14.0. The van der Waals surface area contributed by atoms with E-state index in [1.165, 1.54) is 4.09 Å². The molecular weight excluding hydrogens is 336 g/mol. The normalized spacial score (nSPS) is 16.4. The molecule has 1 saturated heterocycles. The maximum absolute atomic E-state index is 13.1. The van der Waals surface area contributed by atoms with Gasteiger partial charge < -0.3 is 9.80 Å².